The lowest BCUT2D eigenvalue weighted by Crippen LogP contribution is -2.49. The summed E-state index contributed by atoms with van der Waals surface area (Å²) in [6, 6.07) is 9.73. The van der Waals surface area contributed by atoms with E-state index in [9.17, 15) is 4.79 Å². The molecule has 0 spiro atoms. The van der Waals surface area contributed by atoms with Crippen molar-refractivity contribution in [2.75, 3.05) is 26.2 Å². The first-order chi connectivity index (χ1) is 11.6. The Morgan fingerprint density at radius 2 is 2.00 bits per heavy atom. The molecule has 0 unspecified atom stereocenters. The molecule has 1 aromatic carbocycles. The van der Waals surface area contributed by atoms with Gasteiger partial charge >= 0.3 is 0 Å². The van der Waals surface area contributed by atoms with Gasteiger partial charge in [0, 0.05) is 49.1 Å². The number of carbonyl (C=O) groups is 1. The van der Waals surface area contributed by atoms with Crippen LogP contribution in [-0.4, -0.2) is 46.9 Å². The van der Waals surface area contributed by atoms with Crippen molar-refractivity contribution in [3.63, 3.8) is 0 Å². The molecule has 1 fully saturated rings. The van der Waals surface area contributed by atoms with E-state index in [0.29, 0.717) is 29.7 Å². The van der Waals surface area contributed by atoms with E-state index in [1.807, 2.05) is 23.2 Å². The third-order valence-electron chi connectivity index (χ3n) is 4.47. The molecule has 1 aliphatic heterocycles. The number of benzene rings is 1. The molecular formula is C18H19BrClN3O. The van der Waals surface area contributed by atoms with Crippen molar-refractivity contribution in [3.05, 3.63) is 63.3 Å². The van der Waals surface area contributed by atoms with E-state index < -0.39 is 0 Å². The Morgan fingerprint density at radius 3 is 2.67 bits per heavy atom. The summed E-state index contributed by atoms with van der Waals surface area (Å²) in [6.45, 7) is 5.26. The third-order valence-corrected chi connectivity index (χ3v) is 5.30. The number of hydrogen-bond donors (Lipinski definition) is 0. The molecule has 1 aromatic heterocycles. The van der Waals surface area contributed by atoms with Gasteiger partial charge < -0.3 is 4.90 Å². The molecule has 0 radical (unpaired) electrons. The number of aromatic nitrogens is 1. The molecule has 0 aliphatic carbocycles. The molecule has 4 nitrogen and oxygen atoms in total. The lowest BCUT2D eigenvalue weighted by molar-refractivity contribution is 0.0582. The van der Waals surface area contributed by atoms with Crippen molar-refractivity contribution in [1.82, 2.24) is 14.8 Å². The molecule has 0 saturated carbocycles. The van der Waals surface area contributed by atoms with Crippen LogP contribution in [-0.2, 0) is 0 Å². The van der Waals surface area contributed by atoms with Crippen LogP contribution in [0.1, 0.15) is 28.9 Å². The van der Waals surface area contributed by atoms with Crippen molar-refractivity contribution in [3.8, 4) is 0 Å². The van der Waals surface area contributed by atoms with E-state index in [1.54, 1.807) is 18.3 Å². The van der Waals surface area contributed by atoms with Gasteiger partial charge in [0.1, 0.15) is 0 Å². The molecule has 126 valence electrons. The van der Waals surface area contributed by atoms with Gasteiger partial charge in [-0.3, -0.25) is 14.7 Å². The summed E-state index contributed by atoms with van der Waals surface area (Å²) in [5.74, 6) is -0.00465. The highest BCUT2D eigenvalue weighted by Gasteiger charge is 2.26. The second-order valence-corrected chi connectivity index (χ2v) is 7.24. The Labute approximate surface area is 155 Å². The maximum Gasteiger partial charge on any atom is 0.255 e. The minimum Gasteiger partial charge on any atom is -0.336 e. The largest absolute Gasteiger partial charge is 0.336 e. The highest BCUT2D eigenvalue weighted by atomic mass is 79.9. The average molecular weight is 409 g/mol. The van der Waals surface area contributed by atoms with Crippen molar-refractivity contribution in [2.45, 2.75) is 13.0 Å². The number of nitrogens with zero attached hydrogens (tertiary/aromatic N) is 3. The Balaban J connectivity index is 1.64. The second-order valence-electron chi connectivity index (χ2n) is 5.91. The number of rotatable bonds is 3. The smallest absolute Gasteiger partial charge is 0.255 e. The zero-order chi connectivity index (χ0) is 17.1. The minimum atomic E-state index is -0.00465. The normalized spacial score (nSPS) is 16.9. The van der Waals surface area contributed by atoms with Crippen LogP contribution < -0.4 is 0 Å². The van der Waals surface area contributed by atoms with Gasteiger partial charge in [-0.2, -0.15) is 0 Å². The number of piperazine rings is 1. The maximum atomic E-state index is 12.7. The van der Waals surface area contributed by atoms with E-state index in [-0.39, 0.29) is 5.91 Å². The SMILES string of the molecule is C[C@@H](c1cccnc1)N1CCN(C(=O)c2cc(Br)ccc2Cl)CC1. The van der Waals surface area contributed by atoms with Gasteiger partial charge in [-0.25, -0.2) is 0 Å². The molecule has 24 heavy (non-hydrogen) atoms. The van der Waals surface area contributed by atoms with E-state index in [2.05, 4.69) is 38.8 Å². The highest BCUT2D eigenvalue weighted by Crippen LogP contribution is 2.25. The topological polar surface area (TPSA) is 36.4 Å². The summed E-state index contributed by atoms with van der Waals surface area (Å²) in [5.41, 5.74) is 1.76. The highest BCUT2D eigenvalue weighted by molar-refractivity contribution is 9.10. The second kappa shape index (κ2) is 7.64. The van der Waals surface area contributed by atoms with Gasteiger partial charge in [0.15, 0.2) is 0 Å². The van der Waals surface area contributed by atoms with E-state index >= 15 is 0 Å². The van der Waals surface area contributed by atoms with Gasteiger partial charge in [-0.05, 0) is 36.8 Å². The van der Waals surface area contributed by atoms with E-state index in [0.717, 1.165) is 17.6 Å². The quantitative estimate of drug-likeness (QED) is 0.770. The number of halogens is 2. The summed E-state index contributed by atoms with van der Waals surface area (Å²) < 4.78 is 0.860. The van der Waals surface area contributed by atoms with Crippen molar-refractivity contribution in [1.29, 1.82) is 0 Å². The lowest BCUT2D eigenvalue weighted by Gasteiger charge is -2.38. The summed E-state index contributed by atoms with van der Waals surface area (Å²) in [7, 11) is 0. The van der Waals surface area contributed by atoms with Gasteiger partial charge in [0.05, 0.1) is 10.6 Å². The first kappa shape index (κ1) is 17.4. The lowest BCUT2D eigenvalue weighted by atomic mass is 10.1. The fourth-order valence-electron chi connectivity index (χ4n) is 2.98. The first-order valence-corrected chi connectivity index (χ1v) is 9.11. The zero-order valence-electron chi connectivity index (χ0n) is 13.5. The van der Waals surface area contributed by atoms with Crippen LogP contribution in [0.2, 0.25) is 5.02 Å². The Kier molecular flexibility index (Phi) is 5.54. The number of hydrogen-bond acceptors (Lipinski definition) is 3. The maximum absolute atomic E-state index is 12.7. The van der Waals surface area contributed by atoms with Crippen molar-refractivity contribution >= 4 is 33.4 Å². The summed E-state index contributed by atoms with van der Waals surface area (Å²) in [6.07, 6.45) is 3.69. The Hall–Kier alpha value is -1.43. The van der Waals surface area contributed by atoms with Gasteiger partial charge in [0.25, 0.3) is 5.91 Å². The Morgan fingerprint density at radius 1 is 1.25 bits per heavy atom. The number of amides is 1. The van der Waals surface area contributed by atoms with Crippen LogP contribution in [0.25, 0.3) is 0 Å². The van der Waals surface area contributed by atoms with Crippen molar-refractivity contribution in [2.24, 2.45) is 0 Å². The predicted octanol–water partition coefficient (Wildman–Crippen LogP) is 4.02. The van der Waals surface area contributed by atoms with Crippen molar-refractivity contribution < 1.29 is 4.79 Å². The Bertz CT molecular complexity index is 717. The molecule has 1 atom stereocenters. The molecule has 2 heterocycles. The van der Waals surface area contributed by atoms with Crippen LogP contribution in [0.15, 0.2) is 47.2 Å². The summed E-state index contributed by atoms with van der Waals surface area (Å²) in [5, 5.41) is 0.495. The van der Waals surface area contributed by atoms with Crippen LogP contribution >= 0.6 is 27.5 Å². The monoisotopic (exact) mass is 407 g/mol. The fraction of sp³-hybridized carbons (Fsp3) is 0.333. The molecule has 0 N–H and O–H groups in total. The van der Waals surface area contributed by atoms with E-state index in [1.165, 1.54) is 5.56 Å². The van der Waals surface area contributed by atoms with E-state index in [4.69, 9.17) is 11.6 Å². The molecule has 0 bridgehead atoms. The number of pyridine rings is 1. The zero-order valence-corrected chi connectivity index (χ0v) is 15.8. The summed E-state index contributed by atoms with van der Waals surface area (Å²) >= 11 is 9.58. The molecular weight excluding hydrogens is 390 g/mol. The first-order valence-electron chi connectivity index (χ1n) is 7.94. The third kappa shape index (κ3) is 3.79. The van der Waals surface area contributed by atoms with Crippen LogP contribution in [0.4, 0.5) is 0 Å². The molecule has 1 aliphatic rings. The molecule has 2 aromatic rings. The molecule has 6 heteroatoms. The van der Waals surface area contributed by atoms with Gasteiger partial charge in [-0.15, -0.1) is 0 Å². The van der Waals surface area contributed by atoms with Crippen LogP contribution in [0, 0.1) is 0 Å². The predicted molar refractivity (Wildman–Crippen MR) is 99.3 cm³/mol. The fourth-order valence-corrected chi connectivity index (χ4v) is 3.54. The van der Waals surface area contributed by atoms with Gasteiger partial charge in [0.2, 0.25) is 0 Å². The van der Waals surface area contributed by atoms with Gasteiger partial charge in [-0.1, -0.05) is 33.6 Å². The van der Waals surface area contributed by atoms with Crippen LogP contribution in [0.3, 0.4) is 0 Å². The average Bonchev–Trinajstić information content (AvgIpc) is 2.63. The number of carbonyl (C=O) groups excluding carboxylic acids is 1. The minimum absolute atomic E-state index is 0.00465. The molecule has 1 saturated heterocycles. The molecule has 1 amide bonds. The summed E-state index contributed by atoms with van der Waals surface area (Å²) in [4.78, 5) is 21.2. The molecule has 3 rings (SSSR count). The standard InChI is InChI=1S/C18H19BrClN3O/c1-13(14-3-2-6-21-12-14)22-7-9-23(10-8-22)18(24)16-11-15(19)4-5-17(16)20/h2-6,11-13H,7-10H2,1H3/t13-/m0/s1. The van der Waals surface area contributed by atoms with Crippen LogP contribution in [0.5, 0.6) is 0 Å².